The number of hydrogen-bond donors (Lipinski definition) is 0. The van der Waals surface area contributed by atoms with E-state index >= 15 is 0 Å². The maximum Gasteiger partial charge on any atom is 0.0595 e. The van der Waals surface area contributed by atoms with E-state index in [0.717, 1.165) is 0 Å². The molecule has 1 aromatic carbocycles. The molecule has 2 nitrogen and oxygen atoms in total. The molecule has 0 spiro atoms. The van der Waals surface area contributed by atoms with Crippen molar-refractivity contribution in [1.82, 2.24) is 4.90 Å². The molecule has 1 aliphatic heterocycles. The molecule has 98 valence electrons. The fraction of sp³-hybridized carbons (Fsp3) is 0.600. The van der Waals surface area contributed by atoms with Crippen LogP contribution in [0.15, 0.2) is 22.7 Å². The van der Waals surface area contributed by atoms with Gasteiger partial charge in [0, 0.05) is 30.7 Å². The van der Waals surface area contributed by atoms with Gasteiger partial charge >= 0.3 is 0 Å². The fourth-order valence-corrected chi connectivity index (χ4v) is 3.77. The molecule has 3 rings (SSSR count). The Balaban J connectivity index is 1.73. The zero-order chi connectivity index (χ0) is 12.5. The number of hydrogen-bond acceptors (Lipinski definition) is 2. The van der Waals surface area contributed by atoms with Crippen LogP contribution in [0.3, 0.4) is 0 Å². The first-order valence-corrected chi connectivity index (χ1v) is 7.62. The van der Waals surface area contributed by atoms with Gasteiger partial charge < -0.3 is 4.74 Å². The lowest BCUT2D eigenvalue weighted by Crippen LogP contribution is -2.38. The van der Waals surface area contributed by atoms with Crippen LogP contribution in [0.2, 0.25) is 0 Å². The van der Waals surface area contributed by atoms with E-state index in [0.29, 0.717) is 12.1 Å². The predicted molar refractivity (Wildman–Crippen MR) is 76.8 cm³/mol. The first-order valence-electron chi connectivity index (χ1n) is 6.83. The molecule has 0 radical (unpaired) electrons. The molecule has 1 aromatic rings. The van der Waals surface area contributed by atoms with Crippen molar-refractivity contribution in [2.45, 2.75) is 37.8 Å². The van der Waals surface area contributed by atoms with E-state index in [1.54, 1.807) is 5.56 Å². The van der Waals surface area contributed by atoms with Crippen LogP contribution in [0.4, 0.5) is 0 Å². The standard InChI is InChI=1S/C15H20BrNO/c1-18-13-6-8-17(9-7-13)15-5-2-11-10-12(16)3-4-14(11)15/h3-4,10,13,15H,2,5-9H2,1H3. The summed E-state index contributed by atoms with van der Waals surface area (Å²) in [5.74, 6) is 0. The molecule has 1 atom stereocenters. The number of nitrogens with zero attached hydrogens (tertiary/aromatic N) is 1. The molecule has 0 saturated carbocycles. The minimum Gasteiger partial charge on any atom is -0.381 e. The summed E-state index contributed by atoms with van der Waals surface area (Å²) in [7, 11) is 1.84. The number of rotatable bonds is 2. The third kappa shape index (κ3) is 2.36. The molecule has 0 N–H and O–H groups in total. The monoisotopic (exact) mass is 309 g/mol. The Morgan fingerprint density at radius 3 is 2.72 bits per heavy atom. The Hall–Kier alpha value is -0.380. The lowest BCUT2D eigenvalue weighted by molar-refractivity contribution is 0.0270. The van der Waals surface area contributed by atoms with Gasteiger partial charge in [0.05, 0.1) is 6.10 Å². The molecule has 1 fully saturated rings. The number of likely N-dealkylation sites (tertiary alicyclic amines) is 1. The van der Waals surface area contributed by atoms with Gasteiger partial charge in [-0.2, -0.15) is 0 Å². The predicted octanol–water partition coefficient (Wildman–Crippen LogP) is 3.55. The van der Waals surface area contributed by atoms with E-state index in [1.807, 2.05) is 7.11 Å². The SMILES string of the molecule is COC1CCN(C2CCc3cc(Br)ccc32)CC1. The van der Waals surface area contributed by atoms with E-state index in [-0.39, 0.29) is 0 Å². The van der Waals surface area contributed by atoms with Crippen LogP contribution >= 0.6 is 15.9 Å². The number of ether oxygens (including phenoxy) is 1. The minimum atomic E-state index is 0.479. The molecule has 0 aromatic heterocycles. The highest BCUT2D eigenvalue weighted by molar-refractivity contribution is 9.10. The second-order valence-corrected chi connectivity index (χ2v) is 6.28. The van der Waals surface area contributed by atoms with Gasteiger partial charge in [-0.15, -0.1) is 0 Å². The Morgan fingerprint density at radius 1 is 1.22 bits per heavy atom. The molecule has 1 unspecified atom stereocenters. The Labute approximate surface area is 117 Å². The Bertz CT molecular complexity index is 427. The summed E-state index contributed by atoms with van der Waals surface area (Å²) in [6.07, 6.45) is 5.34. The highest BCUT2D eigenvalue weighted by Gasteiger charge is 2.30. The van der Waals surface area contributed by atoms with Crippen LogP contribution in [0, 0.1) is 0 Å². The molecule has 18 heavy (non-hydrogen) atoms. The smallest absolute Gasteiger partial charge is 0.0595 e. The molecule has 1 saturated heterocycles. The van der Waals surface area contributed by atoms with Crippen LogP contribution in [0.1, 0.15) is 36.4 Å². The van der Waals surface area contributed by atoms with Gasteiger partial charge in [-0.05, 0) is 48.9 Å². The zero-order valence-corrected chi connectivity index (χ0v) is 12.4. The van der Waals surface area contributed by atoms with E-state index in [4.69, 9.17) is 4.74 Å². The number of methoxy groups -OCH3 is 1. The number of fused-ring (bicyclic) bond motifs is 1. The van der Waals surface area contributed by atoms with E-state index < -0.39 is 0 Å². The summed E-state index contributed by atoms with van der Waals surface area (Å²) in [6, 6.07) is 7.42. The lowest BCUT2D eigenvalue weighted by Gasteiger charge is -2.35. The third-order valence-electron chi connectivity index (χ3n) is 4.40. The molecular weight excluding hydrogens is 290 g/mol. The normalized spacial score (nSPS) is 25.3. The Morgan fingerprint density at radius 2 is 2.00 bits per heavy atom. The van der Waals surface area contributed by atoms with E-state index in [9.17, 15) is 0 Å². The van der Waals surface area contributed by atoms with E-state index in [2.05, 4.69) is 39.0 Å². The third-order valence-corrected chi connectivity index (χ3v) is 4.90. The highest BCUT2D eigenvalue weighted by Crippen LogP contribution is 2.38. The van der Waals surface area contributed by atoms with Crippen molar-refractivity contribution in [2.24, 2.45) is 0 Å². The van der Waals surface area contributed by atoms with Crippen molar-refractivity contribution in [3.8, 4) is 0 Å². The summed E-state index contributed by atoms with van der Waals surface area (Å²) in [5.41, 5.74) is 3.08. The van der Waals surface area contributed by atoms with Crippen molar-refractivity contribution < 1.29 is 4.74 Å². The number of benzene rings is 1. The van der Waals surface area contributed by atoms with Crippen molar-refractivity contribution in [1.29, 1.82) is 0 Å². The minimum absolute atomic E-state index is 0.479. The van der Waals surface area contributed by atoms with Crippen molar-refractivity contribution in [3.63, 3.8) is 0 Å². The van der Waals surface area contributed by atoms with Crippen molar-refractivity contribution in [2.75, 3.05) is 20.2 Å². The van der Waals surface area contributed by atoms with Gasteiger partial charge in [0.2, 0.25) is 0 Å². The summed E-state index contributed by atoms with van der Waals surface area (Å²) < 4.78 is 6.66. The quantitative estimate of drug-likeness (QED) is 0.828. The average Bonchev–Trinajstić information content (AvgIpc) is 2.81. The molecular formula is C15H20BrNO. The first kappa shape index (κ1) is 12.6. The molecule has 2 aliphatic rings. The van der Waals surface area contributed by atoms with E-state index in [1.165, 1.54) is 48.8 Å². The van der Waals surface area contributed by atoms with Crippen LogP contribution < -0.4 is 0 Å². The van der Waals surface area contributed by atoms with Gasteiger partial charge in [0.1, 0.15) is 0 Å². The van der Waals surface area contributed by atoms with Gasteiger partial charge in [-0.25, -0.2) is 0 Å². The summed E-state index contributed by atoms with van der Waals surface area (Å²) >= 11 is 3.57. The van der Waals surface area contributed by atoms with Gasteiger partial charge in [-0.1, -0.05) is 22.0 Å². The zero-order valence-electron chi connectivity index (χ0n) is 10.9. The van der Waals surface area contributed by atoms with Crippen LogP contribution in [-0.4, -0.2) is 31.2 Å². The summed E-state index contributed by atoms with van der Waals surface area (Å²) in [6.45, 7) is 2.36. The van der Waals surface area contributed by atoms with Gasteiger partial charge in [0.15, 0.2) is 0 Å². The lowest BCUT2D eigenvalue weighted by atomic mass is 10.0. The van der Waals surface area contributed by atoms with Crippen molar-refractivity contribution >= 4 is 15.9 Å². The summed E-state index contributed by atoms with van der Waals surface area (Å²) in [5, 5.41) is 0. The maximum atomic E-state index is 5.45. The average molecular weight is 310 g/mol. The topological polar surface area (TPSA) is 12.5 Å². The van der Waals surface area contributed by atoms with Gasteiger partial charge in [-0.3, -0.25) is 4.90 Å². The van der Waals surface area contributed by atoms with Crippen LogP contribution in [0.25, 0.3) is 0 Å². The Kier molecular flexibility index (Phi) is 3.73. The number of halogens is 1. The maximum absolute atomic E-state index is 5.45. The molecule has 3 heteroatoms. The second kappa shape index (κ2) is 5.32. The largest absolute Gasteiger partial charge is 0.381 e. The molecule has 0 bridgehead atoms. The number of piperidine rings is 1. The molecule has 1 aliphatic carbocycles. The summed E-state index contributed by atoms with van der Waals surface area (Å²) in [4.78, 5) is 2.65. The van der Waals surface area contributed by atoms with Crippen LogP contribution in [0.5, 0.6) is 0 Å². The fourth-order valence-electron chi connectivity index (χ4n) is 3.37. The number of aryl methyl sites for hydroxylation is 1. The second-order valence-electron chi connectivity index (χ2n) is 5.37. The van der Waals surface area contributed by atoms with Crippen LogP contribution in [-0.2, 0) is 11.2 Å². The molecule has 1 heterocycles. The molecule has 0 amide bonds. The van der Waals surface area contributed by atoms with Crippen molar-refractivity contribution in [3.05, 3.63) is 33.8 Å². The highest BCUT2D eigenvalue weighted by atomic mass is 79.9. The first-order chi connectivity index (χ1) is 8.78. The van der Waals surface area contributed by atoms with Gasteiger partial charge in [0.25, 0.3) is 0 Å².